The fraction of sp³-hybridized carbons (Fsp3) is 0.333. The van der Waals surface area contributed by atoms with Crippen molar-refractivity contribution in [1.82, 2.24) is 14.9 Å². The van der Waals surface area contributed by atoms with Gasteiger partial charge in [0.2, 0.25) is 21.8 Å². The number of hydrogen-bond donors (Lipinski definition) is 2. The molecule has 2 N–H and O–H groups in total. The Hall–Kier alpha value is -3.60. The normalized spacial score (nSPS) is 12.1. The molecule has 0 aromatic heterocycles. The Morgan fingerprint density at radius 2 is 1.57 bits per heavy atom. The third-order valence-corrected chi connectivity index (χ3v) is 7.90. The van der Waals surface area contributed by atoms with Crippen LogP contribution in [0.5, 0.6) is 0 Å². The summed E-state index contributed by atoms with van der Waals surface area (Å²) >= 11 is 0. The van der Waals surface area contributed by atoms with Crippen LogP contribution in [0, 0.1) is 5.82 Å². The molecule has 8 nitrogen and oxygen atoms in total. The number of hydrogen-bond acceptors (Lipinski definition) is 5. The zero-order valence-corrected chi connectivity index (χ0v) is 23.6. The number of methoxy groups -OCH3 is 1. The van der Waals surface area contributed by atoms with Gasteiger partial charge in [-0.15, -0.1) is 0 Å². The number of ether oxygens (including phenoxy) is 1. The first kappa shape index (κ1) is 30.9. The molecule has 1 atom stereocenters. The molecule has 10 heteroatoms. The smallest absolute Gasteiger partial charge is 0.243 e. The SMILES string of the molecule is CCNS(=O)(=O)c1ccc(CCC(=O)N(Cc2ccc(F)cc2)C(Cc2ccccc2)C(=O)NCCOC)cc1. The highest BCUT2D eigenvalue weighted by Crippen LogP contribution is 2.18. The lowest BCUT2D eigenvalue weighted by Crippen LogP contribution is -2.51. The number of halogens is 1. The summed E-state index contributed by atoms with van der Waals surface area (Å²) in [6.45, 7) is 2.73. The van der Waals surface area contributed by atoms with Crippen LogP contribution in [0.4, 0.5) is 4.39 Å². The van der Waals surface area contributed by atoms with Gasteiger partial charge in [-0.25, -0.2) is 17.5 Å². The van der Waals surface area contributed by atoms with Crippen LogP contribution in [0.2, 0.25) is 0 Å². The Bertz CT molecular complexity index is 1330. The lowest BCUT2D eigenvalue weighted by Gasteiger charge is -2.31. The second-order valence-corrected chi connectivity index (χ2v) is 11.0. The first-order valence-corrected chi connectivity index (χ1v) is 14.6. The number of aryl methyl sites for hydroxylation is 1. The van der Waals surface area contributed by atoms with Gasteiger partial charge in [-0.1, -0.05) is 61.5 Å². The van der Waals surface area contributed by atoms with Gasteiger partial charge in [0, 0.05) is 39.6 Å². The summed E-state index contributed by atoms with van der Waals surface area (Å²) in [5.41, 5.74) is 2.37. The fourth-order valence-corrected chi connectivity index (χ4v) is 5.28. The molecule has 40 heavy (non-hydrogen) atoms. The molecule has 0 aliphatic rings. The van der Waals surface area contributed by atoms with E-state index in [0.717, 1.165) is 11.1 Å². The van der Waals surface area contributed by atoms with Gasteiger partial charge in [0.15, 0.2) is 0 Å². The highest BCUT2D eigenvalue weighted by molar-refractivity contribution is 7.89. The summed E-state index contributed by atoms with van der Waals surface area (Å²) in [5, 5.41) is 2.86. The van der Waals surface area contributed by atoms with Crippen molar-refractivity contribution in [3.8, 4) is 0 Å². The standard InChI is InChI=1S/C30H36FN3O5S/c1-3-33-40(37,38)27-16-11-23(12-17-27)13-18-29(35)34(22-25-9-14-26(31)15-10-25)28(30(36)32-19-20-39-2)21-24-7-5-4-6-8-24/h4-12,14-17,28,33H,3,13,18-22H2,1-2H3,(H,32,36). The Kier molecular flexibility index (Phi) is 11.8. The van der Waals surface area contributed by atoms with Crippen LogP contribution in [0.3, 0.4) is 0 Å². The van der Waals surface area contributed by atoms with Crippen molar-refractivity contribution in [3.05, 3.63) is 101 Å². The van der Waals surface area contributed by atoms with Gasteiger partial charge in [0.1, 0.15) is 11.9 Å². The maximum atomic E-state index is 13.7. The van der Waals surface area contributed by atoms with E-state index in [-0.39, 0.29) is 42.0 Å². The van der Waals surface area contributed by atoms with E-state index in [9.17, 15) is 22.4 Å². The van der Waals surface area contributed by atoms with Gasteiger partial charge in [0.05, 0.1) is 11.5 Å². The molecule has 0 heterocycles. The Balaban J connectivity index is 1.85. The average Bonchev–Trinajstić information content (AvgIpc) is 2.95. The second-order valence-electron chi connectivity index (χ2n) is 9.28. The summed E-state index contributed by atoms with van der Waals surface area (Å²) in [6, 6.07) is 20.9. The molecule has 0 saturated heterocycles. The quantitative estimate of drug-likeness (QED) is 0.273. The number of rotatable bonds is 15. The van der Waals surface area contributed by atoms with Crippen LogP contribution in [-0.4, -0.2) is 58.0 Å². The van der Waals surface area contributed by atoms with Crippen LogP contribution < -0.4 is 10.0 Å². The van der Waals surface area contributed by atoms with Crippen molar-refractivity contribution in [2.75, 3.05) is 26.8 Å². The third-order valence-electron chi connectivity index (χ3n) is 6.34. The van der Waals surface area contributed by atoms with Crippen molar-refractivity contribution in [2.24, 2.45) is 0 Å². The Labute approximate surface area is 235 Å². The Morgan fingerprint density at radius 3 is 2.20 bits per heavy atom. The van der Waals surface area contributed by atoms with E-state index in [0.29, 0.717) is 31.6 Å². The summed E-state index contributed by atoms with van der Waals surface area (Å²) in [4.78, 5) is 28.8. The molecular formula is C30H36FN3O5S. The maximum Gasteiger partial charge on any atom is 0.243 e. The number of sulfonamides is 1. The summed E-state index contributed by atoms with van der Waals surface area (Å²) in [5.74, 6) is -0.954. The number of benzene rings is 3. The topological polar surface area (TPSA) is 105 Å². The van der Waals surface area contributed by atoms with Crippen molar-refractivity contribution < 1.29 is 27.1 Å². The molecule has 3 aromatic carbocycles. The van der Waals surface area contributed by atoms with Gasteiger partial charge in [-0.05, 0) is 47.4 Å². The van der Waals surface area contributed by atoms with E-state index in [4.69, 9.17) is 4.74 Å². The number of nitrogens with one attached hydrogen (secondary N) is 2. The molecule has 2 amide bonds. The van der Waals surface area contributed by atoms with E-state index in [1.165, 1.54) is 29.2 Å². The van der Waals surface area contributed by atoms with E-state index in [1.54, 1.807) is 38.3 Å². The van der Waals surface area contributed by atoms with Gasteiger partial charge < -0.3 is 15.0 Å². The fourth-order valence-electron chi connectivity index (χ4n) is 4.24. The van der Waals surface area contributed by atoms with Gasteiger partial charge in [-0.3, -0.25) is 9.59 Å². The lowest BCUT2D eigenvalue weighted by molar-refractivity contribution is -0.141. The largest absolute Gasteiger partial charge is 0.383 e. The lowest BCUT2D eigenvalue weighted by atomic mass is 10.0. The molecule has 214 valence electrons. The minimum atomic E-state index is -3.57. The van der Waals surface area contributed by atoms with Crippen LogP contribution >= 0.6 is 0 Å². The second kappa shape index (κ2) is 15.3. The van der Waals surface area contributed by atoms with Crippen LogP contribution in [0.15, 0.2) is 83.8 Å². The molecular weight excluding hydrogens is 533 g/mol. The van der Waals surface area contributed by atoms with E-state index >= 15 is 0 Å². The van der Waals surface area contributed by atoms with E-state index in [2.05, 4.69) is 10.0 Å². The van der Waals surface area contributed by atoms with E-state index in [1.807, 2.05) is 30.3 Å². The highest BCUT2D eigenvalue weighted by Gasteiger charge is 2.30. The maximum absolute atomic E-state index is 13.7. The molecule has 0 aliphatic heterocycles. The Morgan fingerprint density at radius 1 is 0.925 bits per heavy atom. The minimum Gasteiger partial charge on any atom is -0.383 e. The first-order valence-electron chi connectivity index (χ1n) is 13.2. The molecule has 0 radical (unpaired) electrons. The first-order chi connectivity index (χ1) is 19.2. The summed E-state index contributed by atoms with van der Waals surface area (Å²) < 4.78 is 45.6. The van der Waals surface area contributed by atoms with Crippen LogP contribution in [0.1, 0.15) is 30.0 Å². The molecule has 0 spiro atoms. The van der Waals surface area contributed by atoms with Crippen molar-refractivity contribution in [1.29, 1.82) is 0 Å². The van der Waals surface area contributed by atoms with Crippen molar-refractivity contribution in [3.63, 3.8) is 0 Å². The van der Waals surface area contributed by atoms with Gasteiger partial charge in [-0.2, -0.15) is 0 Å². The molecule has 0 fully saturated rings. The van der Waals surface area contributed by atoms with Crippen LogP contribution in [0.25, 0.3) is 0 Å². The van der Waals surface area contributed by atoms with Gasteiger partial charge in [0.25, 0.3) is 0 Å². The molecule has 0 bridgehead atoms. The van der Waals surface area contributed by atoms with Crippen molar-refractivity contribution >= 4 is 21.8 Å². The number of nitrogens with zero attached hydrogens (tertiary/aromatic N) is 1. The van der Waals surface area contributed by atoms with E-state index < -0.39 is 16.1 Å². The van der Waals surface area contributed by atoms with Crippen molar-refractivity contribution in [2.45, 2.75) is 43.7 Å². The molecule has 1 unspecified atom stereocenters. The number of carbonyl (C=O) groups is 2. The molecule has 3 aromatic rings. The van der Waals surface area contributed by atoms with Gasteiger partial charge >= 0.3 is 0 Å². The zero-order valence-electron chi connectivity index (χ0n) is 22.8. The monoisotopic (exact) mass is 569 g/mol. The average molecular weight is 570 g/mol. The summed E-state index contributed by atoms with van der Waals surface area (Å²) in [7, 11) is -2.03. The summed E-state index contributed by atoms with van der Waals surface area (Å²) in [6.07, 6.45) is 0.740. The molecule has 0 saturated carbocycles. The zero-order chi connectivity index (χ0) is 29.0. The number of amides is 2. The number of carbonyl (C=O) groups excluding carboxylic acids is 2. The predicted molar refractivity (Wildman–Crippen MR) is 151 cm³/mol. The minimum absolute atomic E-state index is 0.0944. The third kappa shape index (κ3) is 9.25. The van der Waals surface area contributed by atoms with Crippen LogP contribution in [-0.2, 0) is 43.7 Å². The highest BCUT2D eigenvalue weighted by atomic mass is 32.2. The molecule has 3 rings (SSSR count). The predicted octanol–water partition coefficient (Wildman–Crippen LogP) is 3.46. The molecule has 0 aliphatic carbocycles.